The van der Waals surface area contributed by atoms with Crippen LogP contribution in [0.25, 0.3) is 55.3 Å². The summed E-state index contributed by atoms with van der Waals surface area (Å²) in [4.78, 5) is 6.50. The van der Waals surface area contributed by atoms with Gasteiger partial charge >= 0.3 is 0 Å². The Morgan fingerprint density at radius 1 is 0.370 bits per heavy atom. The maximum absolute atomic E-state index is 5.67. The van der Waals surface area contributed by atoms with Crippen LogP contribution in [0.2, 0.25) is 0 Å². The van der Waals surface area contributed by atoms with Crippen LogP contribution in [0.3, 0.4) is 0 Å². The molecule has 0 fully saturated rings. The lowest BCUT2D eigenvalue weighted by atomic mass is 9.96. The van der Waals surface area contributed by atoms with Gasteiger partial charge in [0.05, 0.1) is 0 Å². The number of ether oxygens (including phenoxy) is 4. The van der Waals surface area contributed by atoms with Crippen LogP contribution in [0.15, 0.2) is 24.3 Å². The molecule has 54 heavy (non-hydrogen) atoms. The van der Waals surface area contributed by atoms with Crippen molar-refractivity contribution in [1.82, 2.24) is 0 Å². The molecule has 0 radical (unpaired) electrons. The molecule has 0 N–H and O–H groups in total. The van der Waals surface area contributed by atoms with Crippen molar-refractivity contribution in [2.45, 2.75) is 142 Å². The van der Waals surface area contributed by atoms with Crippen LogP contribution in [0.1, 0.15) is 136 Å². The van der Waals surface area contributed by atoms with Crippen molar-refractivity contribution in [2.24, 2.45) is 0 Å². The van der Waals surface area contributed by atoms with E-state index in [1.807, 2.05) is 14.2 Å². The molecule has 6 heteroatoms. The normalized spacial score (nSPS) is 12.4. The van der Waals surface area contributed by atoms with Gasteiger partial charge in [-0.25, -0.2) is 0 Å². The first-order chi connectivity index (χ1) is 26.7. The fraction of sp³-hybridized carbons (Fsp3) is 0.625. The van der Waals surface area contributed by atoms with Crippen molar-refractivity contribution in [1.29, 1.82) is 0 Å². The highest BCUT2D eigenvalue weighted by Gasteiger charge is 2.35. The van der Waals surface area contributed by atoms with E-state index in [-0.39, 0.29) is 0 Å². The molecule has 0 amide bonds. The van der Waals surface area contributed by atoms with E-state index in [9.17, 15) is 0 Å². The molecule has 2 aliphatic rings. The van der Waals surface area contributed by atoms with Gasteiger partial charge in [-0.15, -0.1) is 22.7 Å². The largest absolute Gasteiger partial charge is 0.385 e. The predicted molar refractivity (Wildman–Crippen MR) is 234 cm³/mol. The number of aryl methyl sites for hydroxylation is 4. The van der Waals surface area contributed by atoms with Gasteiger partial charge in [0.2, 0.25) is 0 Å². The molecule has 2 aromatic carbocycles. The van der Waals surface area contributed by atoms with Crippen LogP contribution in [0.4, 0.5) is 0 Å². The lowest BCUT2D eigenvalue weighted by Crippen LogP contribution is -1.94. The summed E-state index contributed by atoms with van der Waals surface area (Å²) < 4.78 is 21.9. The van der Waals surface area contributed by atoms with Crippen LogP contribution in [0, 0.1) is 0 Å². The van der Waals surface area contributed by atoms with Gasteiger partial charge in [0.15, 0.2) is 0 Å². The second kappa shape index (κ2) is 22.0. The van der Waals surface area contributed by atoms with Crippen LogP contribution >= 0.6 is 22.7 Å². The molecule has 0 bridgehead atoms. The zero-order valence-corrected chi connectivity index (χ0v) is 35.8. The number of hydrogen-bond acceptors (Lipinski definition) is 6. The molecule has 0 atom stereocenters. The Morgan fingerprint density at radius 2 is 0.648 bits per heavy atom. The van der Waals surface area contributed by atoms with Gasteiger partial charge in [-0.3, -0.25) is 0 Å². The summed E-state index contributed by atoms with van der Waals surface area (Å²) in [5.74, 6) is 0. The number of unbranched alkanes of at least 4 members (excludes halogenated alkanes) is 12. The Kier molecular flexibility index (Phi) is 17.0. The molecule has 2 heterocycles. The van der Waals surface area contributed by atoms with Crippen LogP contribution in [0.5, 0.6) is 0 Å². The van der Waals surface area contributed by atoms with E-state index in [0.29, 0.717) is 0 Å². The van der Waals surface area contributed by atoms with E-state index in [0.717, 1.165) is 52.5 Å². The van der Waals surface area contributed by atoms with Crippen molar-refractivity contribution < 1.29 is 18.9 Å². The number of hydrogen-bond donors (Lipinski definition) is 0. The minimum Gasteiger partial charge on any atom is -0.385 e. The van der Waals surface area contributed by atoms with E-state index < -0.39 is 0 Å². The molecule has 2 aliphatic carbocycles. The van der Waals surface area contributed by atoms with E-state index in [1.165, 1.54) is 138 Å². The summed E-state index contributed by atoms with van der Waals surface area (Å²) in [6.45, 7) is 9.38. The summed E-state index contributed by atoms with van der Waals surface area (Å²) >= 11 is 4.27. The molecule has 0 spiro atoms. The summed E-state index contributed by atoms with van der Waals surface area (Å²) in [6, 6.07) is 10.1. The maximum atomic E-state index is 5.67. The van der Waals surface area contributed by atoms with Crippen molar-refractivity contribution in [3.8, 4) is 44.5 Å². The fourth-order valence-corrected chi connectivity index (χ4v) is 11.8. The highest BCUT2D eigenvalue weighted by molar-refractivity contribution is 7.13. The predicted octanol–water partition coefficient (Wildman–Crippen LogP) is 14.0. The Balaban J connectivity index is 1.29. The van der Waals surface area contributed by atoms with Gasteiger partial charge in [0.25, 0.3) is 0 Å². The van der Waals surface area contributed by atoms with Crippen molar-refractivity contribution >= 4 is 33.4 Å². The quantitative estimate of drug-likeness (QED) is 0.0427. The van der Waals surface area contributed by atoms with Gasteiger partial charge in [-0.2, -0.15) is 0 Å². The highest BCUT2D eigenvalue weighted by Crippen LogP contribution is 2.61. The van der Waals surface area contributed by atoms with Gasteiger partial charge in [0.1, 0.15) is 0 Å². The zero-order valence-electron chi connectivity index (χ0n) is 34.1. The van der Waals surface area contributed by atoms with Crippen LogP contribution in [-0.4, -0.2) is 53.9 Å². The minimum atomic E-state index is 0.818. The monoisotopic (exact) mass is 772 g/mol. The number of thiophene rings is 2. The molecule has 4 aromatic rings. The Morgan fingerprint density at radius 3 is 0.963 bits per heavy atom. The minimum absolute atomic E-state index is 0.818. The van der Waals surface area contributed by atoms with E-state index in [1.54, 1.807) is 52.5 Å². The van der Waals surface area contributed by atoms with E-state index >= 15 is 0 Å². The molecule has 4 nitrogen and oxygen atoms in total. The average molecular weight is 773 g/mol. The first-order valence-corrected chi connectivity index (χ1v) is 23.4. The Hall–Kier alpha value is -2.06. The molecule has 296 valence electrons. The third-order valence-electron chi connectivity index (χ3n) is 11.6. The number of benzene rings is 2. The summed E-state index contributed by atoms with van der Waals surface area (Å²) in [6.07, 6.45) is 24.7. The lowest BCUT2D eigenvalue weighted by Gasteiger charge is -2.10. The molecule has 2 aromatic heterocycles. The average Bonchev–Trinajstić information content (AvgIpc) is 3.92. The number of methoxy groups -OCH3 is 2. The highest BCUT2D eigenvalue weighted by atomic mass is 32.1. The molecule has 6 rings (SSSR count). The first kappa shape index (κ1) is 41.6. The topological polar surface area (TPSA) is 36.9 Å². The summed E-state index contributed by atoms with van der Waals surface area (Å²) in [7, 11) is 3.64. The third kappa shape index (κ3) is 9.90. The smallest absolute Gasteiger partial charge is 0.0465 e. The van der Waals surface area contributed by atoms with Crippen molar-refractivity contribution in [2.75, 3.05) is 53.9 Å². The molecular formula is C48H68O4S2. The Bertz CT molecular complexity index is 1630. The molecule has 0 unspecified atom stereocenters. The van der Waals surface area contributed by atoms with Crippen LogP contribution in [-0.2, 0) is 44.6 Å². The molecule has 0 saturated heterocycles. The standard InChI is InChI=1S/C48H68O4S2/c1-5-51-33-21-13-17-25-41-47-37-29-27-35-43-36(28-30-38(44(37)43)48(47)42(54-41)26-18-14-22-34-52-6-2)46-40(24-16-10-8-12-20-32-50-4)53-39(45(35)46)23-15-9-7-11-19-31-49-3/h27-30H,5-26,31-34H2,1-4H3. The van der Waals surface area contributed by atoms with Gasteiger partial charge in [-0.05, 0) is 124 Å². The first-order valence-electron chi connectivity index (χ1n) is 21.8. The SMILES string of the molecule is CCOCCCCCc1sc(CCCCCOCC)c2c1-c1ccc3c4c(ccc-2c14)-c1c(CCCCCCCOC)sc(CCCCCCCOC)c1-3. The van der Waals surface area contributed by atoms with Crippen LogP contribution < -0.4 is 0 Å². The number of fused-ring (bicyclic) bond motifs is 6. The van der Waals surface area contributed by atoms with Crippen molar-refractivity contribution in [3.05, 3.63) is 43.8 Å². The maximum Gasteiger partial charge on any atom is 0.0465 e. The second-order valence-electron chi connectivity index (χ2n) is 15.5. The third-order valence-corrected chi connectivity index (χ3v) is 14.3. The fourth-order valence-electron chi connectivity index (χ4n) is 8.98. The molecular weight excluding hydrogens is 705 g/mol. The number of rotatable bonds is 30. The van der Waals surface area contributed by atoms with Gasteiger partial charge in [-0.1, -0.05) is 75.6 Å². The lowest BCUT2D eigenvalue weighted by molar-refractivity contribution is 0.143. The molecule has 0 saturated carbocycles. The molecule has 0 aliphatic heterocycles. The van der Waals surface area contributed by atoms with Gasteiger partial charge < -0.3 is 18.9 Å². The van der Waals surface area contributed by atoms with E-state index in [4.69, 9.17) is 18.9 Å². The summed E-state index contributed by atoms with van der Waals surface area (Å²) in [5.41, 5.74) is 12.4. The zero-order chi connectivity index (χ0) is 37.5. The second-order valence-corrected chi connectivity index (χ2v) is 17.9. The van der Waals surface area contributed by atoms with E-state index in [2.05, 4.69) is 60.8 Å². The van der Waals surface area contributed by atoms with Gasteiger partial charge in [0, 0.05) is 95.6 Å². The summed E-state index contributed by atoms with van der Waals surface area (Å²) in [5, 5.41) is 3.10. The van der Waals surface area contributed by atoms with Crippen molar-refractivity contribution in [3.63, 3.8) is 0 Å². The Labute approximate surface area is 335 Å².